The molecule has 2 heterocycles. The van der Waals surface area contributed by atoms with E-state index in [4.69, 9.17) is 11.6 Å². The number of nitrogens with zero attached hydrogens (tertiary/aromatic N) is 1. The molecular weight excluding hydrogens is 242 g/mol. The molecule has 0 fully saturated rings. The second-order valence-corrected chi connectivity index (χ2v) is 5.47. The van der Waals surface area contributed by atoms with Gasteiger partial charge in [-0.25, -0.2) is 0 Å². The van der Waals surface area contributed by atoms with Crippen LogP contribution < -0.4 is 0 Å². The third-order valence-corrected chi connectivity index (χ3v) is 3.35. The Bertz CT molecular complexity index is 488. The van der Waals surface area contributed by atoms with Crippen LogP contribution in [0.25, 0.3) is 10.6 Å². The lowest BCUT2D eigenvalue weighted by molar-refractivity contribution is 0.0789. The van der Waals surface area contributed by atoms with Gasteiger partial charge in [-0.3, -0.25) is 4.98 Å². The molecule has 2 rings (SSSR count). The average Bonchev–Trinajstić information content (AvgIpc) is 2.69. The third-order valence-electron chi connectivity index (χ3n) is 2.27. The van der Waals surface area contributed by atoms with Crippen molar-refractivity contribution < 1.29 is 5.11 Å². The van der Waals surface area contributed by atoms with Gasteiger partial charge in [-0.15, -0.1) is 11.3 Å². The maximum atomic E-state index is 10.1. The standard InChI is InChI=1S/C12H12ClNOS/c1-12(2,15)9-6-8(13)7-14-11(9)10-4-3-5-16-10/h3-7,15H,1-2H3. The average molecular weight is 254 g/mol. The van der Waals surface area contributed by atoms with Gasteiger partial charge in [-0.2, -0.15) is 0 Å². The first-order valence-electron chi connectivity index (χ1n) is 4.91. The molecule has 0 aliphatic rings. The van der Waals surface area contributed by atoms with E-state index in [9.17, 15) is 5.11 Å². The van der Waals surface area contributed by atoms with Crippen LogP contribution in [0.5, 0.6) is 0 Å². The fourth-order valence-electron chi connectivity index (χ4n) is 1.52. The van der Waals surface area contributed by atoms with Gasteiger partial charge in [0.2, 0.25) is 0 Å². The van der Waals surface area contributed by atoms with Gasteiger partial charge in [0.05, 0.1) is 21.2 Å². The minimum Gasteiger partial charge on any atom is -0.386 e. The molecule has 84 valence electrons. The molecule has 0 radical (unpaired) electrons. The zero-order valence-electron chi connectivity index (χ0n) is 9.07. The predicted octanol–water partition coefficient (Wildman–Crippen LogP) is 3.69. The molecule has 0 bridgehead atoms. The second kappa shape index (κ2) is 4.17. The maximum Gasteiger partial charge on any atom is 0.0863 e. The van der Waals surface area contributed by atoms with E-state index in [-0.39, 0.29) is 0 Å². The van der Waals surface area contributed by atoms with E-state index in [1.54, 1.807) is 37.4 Å². The van der Waals surface area contributed by atoms with Gasteiger partial charge in [0.15, 0.2) is 0 Å². The Balaban J connectivity index is 2.62. The molecule has 16 heavy (non-hydrogen) atoms. The van der Waals surface area contributed by atoms with Crippen molar-refractivity contribution >= 4 is 22.9 Å². The molecule has 0 aliphatic heterocycles. The molecule has 1 N–H and O–H groups in total. The van der Waals surface area contributed by atoms with Crippen LogP contribution in [0.15, 0.2) is 29.8 Å². The molecule has 0 amide bonds. The Morgan fingerprint density at radius 3 is 2.75 bits per heavy atom. The number of thiophene rings is 1. The number of pyridine rings is 1. The van der Waals surface area contributed by atoms with Gasteiger partial charge < -0.3 is 5.11 Å². The van der Waals surface area contributed by atoms with Gasteiger partial charge >= 0.3 is 0 Å². The fourth-order valence-corrected chi connectivity index (χ4v) is 2.41. The van der Waals surface area contributed by atoms with Crippen LogP contribution in [0.4, 0.5) is 0 Å². The molecule has 2 nitrogen and oxygen atoms in total. The van der Waals surface area contributed by atoms with E-state index < -0.39 is 5.60 Å². The van der Waals surface area contributed by atoms with Crippen LogP contribution in [-0.2, 0) is 5.60 Å². The van der Waals surface area contributed by atoms with Crippen molar-refractivity contribution in [3.05, 3.63) is 40.4 Å². The van der Waals surface area contributed by atoms with Gasteiger partial charge in [0, 0.05) is 11.8 Å². The van der Waals surface area contributed by atoms with Crippen molar-refractivity contribution in [1.82, 2.24) is 4.98 Å². The van der Waals surface area contributed by atoms with Crippen LogP contribution in [0, 0.1) is 0 Å². The zero-order chi connectivity index (χ0) is 11.8. The minimum absolute atomic E-state index is 0.539. The molecular formula is C12H12ClNOS. The summed E-state index contributed by atoms with van der Waals surface area (Å²) < 4.78 is 0. The van der Waals surface area contributed by atoms with Crippen molar-refractivity contribution in [2.24, 2.45) is 0 Å². The summed E-state index contributed by atoms with van der Waals surface area (Å²) in [5, 5.41) is 12.6. The van der Waals surface area contributed by atoms with Crippen LogP contribution >= 0.6 is 22.9 Å². The quantitative estimate of drug-likeness (QED) is 0.886. The second-order valence-electron chi connectivity index (χ2n) is 4.09. The summed E-state index contributed by atoms with van der Waals surface area (Å²) in [7, 11) is 0. The van der Waals surface area contributed by atoms with Gasteiger partial charge in [-0.1, -0.05) is 17.7 Å². The zero-order valence-corrected chi connectivity index (χ0v) is 10.6. The van der Waals surface area contributed by atoms with E-state index in [1.165, 1.54) is 0 Å². The number of aliphatic hydroxyl groups is 1. The fraction of sp³-hybridized carbons (Fsp3) is 0.250. The molecule has 2 aromatic rings. The number of rotatable bonds is 2. The van der Waals surface area contributed by atoms with E-state index in [1.807, 2.05) is 17.5 Å². The van der Waals surface area contributed by atoms with Gasteiger partial charge in [-0.05, 0) is 31.4 Å². The van der Waals surface area contributed by atoms with Crippen LogP contribution in [0.2, 0.25) is 5.02 Å². The first kappa shape index (κ1) is 11.6. The number of hydrogen-bond acceptors (Lipinski definition) is 3. The molecule has 4 heteroatoms. The van der Waals surface area contributed by atoms with E-state index in [2.05, 4.69) is 4.98 Å². The Morgan fingerprint density at radius 1 is 1.44 bits per heavy atom. The summed E-state index contributed by atoms with van der Waals surface area (Å²) in [6.07, 6.45) is 1.60. The lowest BCUT2D eigenvalue weighted by Gasteiger charge is -2.20. The molecule has 0 saturated heterocycles. The van der Waals surface area contributed by atoms with Crippen LogP contribution in [0.1, 0.15) is 19.4 Å². The van der Waals surface area contributed by atoms with Crippen LogP contribution in [0.3, 0.4) is 0 Å². The summed E-state index contributed by atoms with van der Waals surface area (Å²) in [5.74, 6) is 0. The lowest BCUT2D eigenvalue weighted by Crippen LogP contribution is -2.17. The molecule has 0 aromatic carbocycles. The lowest BCUT2D eigenvalue weighted by atomic mass is 9.96. The Hall–Kier alpha value is -0.900. The Labute approximate surface area is 104 Å². The molecule has 2 aromatic heterocycles. The largest absolute Gasteiger partial charge is 0.386 e. The Morgan fingerprint density at radius 2 is 2.19 bits per heavy atom. The normalized spacial score (nSPS) is 11.8. The van der Waals surface area contributed by atoms with Crippen LogP contribution in [-0.4, -0.2) is 10.1 Å². The SMILES string of the molecule is CC(C)(O)c1cc(Cl)cnc1-c1cccs1. The molecule has 0 aliphatic carbocycles. The monoisotopic (exact) mass is 253 g/mol. The summed E-state index contributed by atoms with van der Waals surface area (Å²) >= 11 is 7.51. The maximum absolute atomic E-state index is 10.1. The highest BCUT2D eigenvalue weighted by atomic mass is 35.5. The van der Waals surface area contributed by atoms with E-state index >= 15 is 0 Å². The van der Waals surface area contributed by atoms with Gasteiger partial charge in [0.25, 0.3) is 0 Å². The number of hydrogen-bond donors (Lipinski definition) is 1. The van der Waals surface area contributed by atoms with Crippen molar-refractivity contribution in [3.63, 3.8) is 0 Å². The minimum atomic E-state index is -0.947. The van der Waals surface area contributed by atoms with E-state index in [0.29, 0.717) is 5.02 Å². The third kappa shape index (κ3) is 2.26. The summed E-state index contributed by atoms with van der Waals surface area (Å²) in [6.45, 7) is 3.47. The summed E-state index contributed by atoms with van der Waals surface area (Å²) in [5.41, 5.74) is 0.603. The predicted molar refractivity (Wildman–Crippen MR) is 67.8 cm³/mol. The molecule has 0 spiro atoms. The highest BCUT2D eigenvalue weighted by Crippen LogP contribution is 2.33. The highest BCUT2D eigenvalue weighted by Gasteiger charge is 2.22. The first-order chi connectivity index (χ1) is 7.48. The van der Waals surface area contributed by atoms with E-state index in [0.717, 1.165) is 16.1 Å². The van der Waals surface area contributed by atoms with Crippen molar-refractivity contribution in [2.45, 2.75) is 19.4 Å². The summed E-state index contributed by atoms with van der Waals surface area (Å²) in [4.78, 5) is 5.34. The highest BCUT2D eigenvalue weighted by molar-refractivity contribution is 7.13. The van der Waals surface area contributed by atoms with Gasteiger partial charge in [0.1, 0.15) is 0 Å². The van der Waals surface area contributed by atoms with Crippen molar-refractivity contribution in [1.29, 1.82) is 0 Å². The Kier molecular flexibility index (Phi) is 3.02. The molecule has 0 unspecified atom stereocenters. The summed E-state index contributed by atoms with van der Waals surface area (Å²) in [6, 6.07) is 5.71. The number of aromatic nitrogens is 1. The smallest absolute Gasteiger partial charge is 0.0863 e. The van der Waals surface area contributed by atoms with Crippen molar-refractivity contribution in [3.8, 4) is 10.6 Å². The topological polar surface area (TPSA) is 33.1 Å². The van der Waals surface area contributed by atoms with Crippen molar-refractivity contribution in [2.75, 3.05) is 0 Å². The molecule has 0 atom stereocenters. The molecule has 0 saturated carbocycles. The number of halogens is 1. The first-order valence-corrected chi connectivity index (χ1v) is 6.16.